The molecule has 0 saturated carbocycles. The van der Waals surface area contributed by atoms with Gasteiger partial charge in [0, 0.05) is 41.1 Å². The zero-order valence-corrected chi connectivity index (χ0v) is 16.5. The van der Waals surface area contributed by atoms with Crippen LogP contribution in [0.2, 0.25) is 0 Å². The van der Waals surface area contributed by atoms with E-state index in [1.54, 1.807) is 12.1 Å². The molecular formula is C24H24N2O3. The number of likely N-dealkylation sites (N-methyl/N-ethyl adjacent to an activating group) is 1. The van der Waals surface area contributed by atoms with E-state index < -0.39 is 5.97 Å². The Kier molecular flexibility index (Phi) is 5.23. The summed E-state index contributed by atoms with van der Waals surface area (Å²) in [4.78, 5) is 11.9. The summed E-state index contributed by atoms with van der Waals surface area (Å²) in [5, 5.41) is 16.5. The number of aromatic carboxylic acids is 1. The molecular weight excluding hydrogens is 364 g/mol. The zero-order valence-electron chi connectivity index (χ0n) is 16.5. The topological polar surface area (TPSA) is 70.6 Å². The van der Waals surface area contributed by atoms with Crippen molar-refractivity contribution in [1.29, 1.82) is 0 Å². The summed E-state index contributed by atoms with van der Waals surface area (Å²) < 4.78 is 6.28. The highest BCUT2D eigenvalue weighted by Crippen LogP contribution is 2.44. The molecule has 0 amide bonds. The first-order valence-electron chi connectivity index (χ1n) is 9.89. The van der Waals surface area contributed by atoms with Gasteiger partial charge in [0.15, 0.2) is 0 Å². The van der Waals surface area contributed by atoms with Crippen molar-refractivity contribution in [3.8, 4) is 5.75 Å². The predicted molar refractivity (Wildman–Crippen MR) is 115 cm³/mol. The highest BCUT2D eigenvalue weighted by Gasteiger charge is 2.29. The molecule has 0 bridgehead atoms. The van der Waals surface area contributed by atoms with Gasteiger partial charge in [0.1, 0.15) is 11.5 Å². The molecule has 2 aliphatic rings. The van der Waals surface area contributed by atoms with Gasteiger partial charge >= 0.3 is 5.97 Å². The summed E-state index contributed by atoms with van der Waals surface area (Å²) in [6, 6.07) is 13.2. The molecule has 0 radical (unpaired) electrons. The lowest BCUT2D eigenvalue weighted by molar-refractivity contribution is 0.0696. The van der Waals surface area contributed by atoms with Gasteiger partial charge in [-0.3, -0.25) is 0 Å². The molecule has 5 nitrogen and oxygen atoms in total. The minimum Gasteiger partial charge on any atom is -0.478 e. The molecule has 1 unspecified atom stereocenters. The van der Waals surface area contributed by atoms with Gasteiger partial charge in [-0.25, -0.2) is 4.79 Å². The van der Waals surface area contributed by atoms with Gasteiger partial charge in [-0.2, -0.15) is 0 Å². The summed E-state index contributed by atoms with van der Waals surface area (Å²) in [7, 11) is 0. The van der Waals surface area contributed by atoms with Crippen LogP contribution in [0.3, 0.4) is 0 Å². The minimum absolute atomic E-state index is 0.0771. The lowest BCUT2D eigenvalue weighted by Crippen LogP contribution is -2.28. The van der Waals surface area contributed by atoms with Crippen molar-refractivity contribution in [1.82, 2.24) is 5.32 Å². The number of anilines is 1. The molecule has 1 atom stereocenters. The molecule has 148 valence electrons. The Morgan fingerprint density at radius 1 is 1.10 bits per heavy atom. The zero-order chi connectivity index (χ0) is 20.4. The number of hydrogen-bond acceptors (Lipinski definition) is 4. The predicted octanol–water partition coefficient (Wildman–Crippen LogP) is 4.44. The highest BCUT2D eigenvalue weighted by atomic mass is 16.5. The molecule has 0 aromatic heterocycles. The number of ether oxygens (including phenoxy) is 1. The number of carboxylic acids is 1. The second-order valence-electron chi connectivity index (χ2n) is 6.96. The number of rotatable bonds is 6. The number of allylic oxidation sites excluding steroid dienone is 1. The third-order valence-corrected chi connectivity index (χ3v) is 5.05. The van der Waals surface area contributed by atoms with Gasteiger partial charge in [-0.05, 0) is 43.3 Å². The summed E-state index contributed by atoms with van der Waals surface area (Å²) in [6.07, 6.45) is 6.15. The number of carbonyl (C=O) groups is 1. The van der Waals surface area contributed by atoms with Crippen molar-refractivity contribution in [2.45, 2.75) is 19.9 Å². The monoisotopic (exact) mass is 388 g/mol. The number of fused-ring (bicyclic) bond motifs is 2. The van der Waals surface area contributed by atoms with E-state index in [0.29, 0.717) is 5.56 Å². The first-order chi connectivity index (χ1) is 14.1. The molecule has 1 aliphatic heterocycles. The van der Waals surface area contributed by atoms with Crippen LogP contribution in [0.25, 0.3) is 5.57 Å². The summed E-state index contributed by atoms with van der Waals surface area (Å²) in [5.74, 6) is 0.524. The SMILES string of the molecule is CCNc1ccc2c(c1)OC1=CC(NCC)C=CC1=C2c1ccccc1C(=O)O. The first-order valence-corrected chi connectivity index (χ1v) is 9.89. The number of hydrogen-bond donors (Lipinski definition) is 3. The van der Waals surface area contributed by atoms with Gasteiger partial charge < -0.3 is 20.5 Å². The van der Waals surface area contributed by atoms with E-state index in [1.165, 1.54) is 0 Å². The molecule has 0 saturated heterocycles. The van der Waals surface area contributed by atoms with Gasteiger partial charge in [0.2, 0.25) is 0 Å². The smallest absolute Gasteiger partial charge is 0.336 e. The average Bonchev–Trinajstić information content (AvgIpc) is 2.72. The normalized spacial score (nSPS) is 17.2. The number of nitrogens with one attached hydrogen (secondary N) is 2. The lowest BCUT2D eigenvalue weighted by Gasteiger charge is -2.29. The van der Waals surface area contributed by atoms with Crippen LogP contribution < -0.4 is 15.4 Å². The average molecular weight is 388 g/mol. The van der Waals surface area contributed by atoms with Crippen LogP contribution in [-0.4, -0.2) is 30.2 Å². The Balaban J connectivity index is 1.94. The van der Waals surface area contributed by atoms with Crippen molar-refractivity contribution in [2.24, 2.45) is 0 Å². The Labute approximate surface area is 170 Å². The van der Waals surface area contributed by atoms with E-state index in [2.05, 4.69) is 23.6 Å². The fourth-order valence-electron chi connectivity index (χ4n) is 3.82. The molecule has 0 spiro atoms. The maximum Gasteiger partial charge on any atom is 0.336 e. The van der Waals surface area contributed by atoms with Crippen LogP contribution in [-0.2, 0) is 0 Å². The van der Waals surface area contributed by atoms with Crippen LogP contribution >= 0.6 is 0 Å². The van der Waals surface area contributed by atoms with E-state index in [9.17, 15) is 9.90 Å². The van der Waals surface area contributed by atoms with Crippen molar-refractivity contribution in [3.05, 3.63) is 88.7 Å². The number of benzene rings is 2. The molecule has 1 heterocycles. The summed E-state index contributed by atoms with van der Waals surface area (Å²) in [6.45, 7) is 5.75. The molecule has 0 fully saturated rings. The second-order valence-corrected chi connectivity index (χ2v) is 6.96. The largest absolute Gasteiger partial charge is 0.478 e. The van der Waals surface area contributed by atoms with Crippen molar-refractivity contribution in [3.63, 3.8) is 0 Å². The number of carboxylic acid groups (broad SMARTS) is 1. The van der Waals surface area contributed by atoms with Crippen LogP contribution in [0.15, 0.2) is 72.0 Å². The van der Waals surface area contributed by atoms with Crippen molar-refractivity contribution >= 4 is 17.2 Å². The second kappa shape index (κ2) is 7.97. The third kappa shape index (κ3) is 3.57. The lowest BCUT2D eigenvalue weighted by atomic mass is 9.85. The Morgan fingerprint density at radius 3 is 2.69 bits per heavy atom. The van der Waals surface area contributed by atoms with Crippen LogP contribution in [0, 0.1) is 0 Å². The highest BCUT2D eigenvalue weighted by molar-refractivity contribution is 6.00. The molecule has 1 aliphatic carbocycles. The van der Waals surface area contributed by atoms with Gasteiger partial charge in [-0.1, -0.05) is 37.3 Å². The maximum atomic E-state index is 11.9. The first kappa shape index (κ1) is 19.0. The van der Waals surface area contributed by atoms with E-state index in [0.717, 1.165) is 47.0 Å². The third-order valence-electron chi connectivity index (χ3n) is 5.05. The standard InChI is InChI=1S/C24H24N2O3/c1-3-25-15-9-11-19-21(13-15)29-22-14-16(26-4-2)10-12-20(22)23(19)17-7-5-6-8-18(17)24(27)28/h5-15,25-26H,3-4H2,1-2H3,(H,27,28). The van der Waals surface area contributed by atoms with E-state index in [1.807, 2.05) is 49.4 Å². The van der Waals surface area contributed by atoms with Crippen molar-refractivity contribution in [2.75, 3.05) is 18.4 Å². The van der Waals surface area contributed by atoms with E-state index in [4.69, 9.17) is 4.74 Å². The Bertz CT molecular complexity index is 1050. The molecule has 5 heteroatoms. The Morgan fingerprint density at radius 2 is 1.93 bits per heavy atom. The molecule has 3 N–H and O–H groups in total. The quantitative estimate of drug-likeness (QED) is 0.682. The minimum atomic E-state index is -0.943. The van der Waals surface area contributed by atoms with Gasteiger partial charge in [-0.15, -0.1) is 0 Å². The molecule has 29 heavy (non-hydrogen) atoms. The molecule has 4 rings (SSSR count). The molecule has 2 aromatic carbocycles. The maximum absolute atomic E-state index is 11.9. The van der Waals surface area contributed by atoms with Crippen LogP contribution in [0.4, 0.5) is 5.69 Å². The molecule has 2 aromatic rings. The van der Waals surface area contributed by atoms with E-state index in [-0.39, 0.29) is 11.6 Å². The fourth-order valence-corrected chi connectivity index (χ4v) is 3.82. The van der Waals surface area contributed by atoms with Crippen LogP contribution in [0.1, 0.15) is 35.3 Å². The fraction of sp³-hybridized carbons (Fsp3) is 0.208. The Hall–Kier alpha value is -3.31. The van der Waals surface area contributed by atoms with Gasteiger partial charge in [0.25, 0.3) is 0 Å². The summed E-state index contributed by atoms with van der Waals surface area (Å²) in [5.41, 5.74) is 4.60. The summed E-state index contributed by atoms with van der Waals surface area (Å²) >= 11 is 0. The van der Waals surface area contributed by atoms with Crippen molar-refractivity contribution < 1.29 is 14.6 Å². The van der Waals surface area contributed by atoms with Crippen LogP contribution in [0.5, 0.6) is 5.75 Å². The van der Waals surface area contributed by atoms with Gasteiger partial charge in [0.05, 0.1) is 5.56 Å². The van der Waals surface area contributed by atoms with E-state index >= 15 is 0 Å².